The van der Waals surface area contributed by atoms with Crippen LogP contribution in [0.4, 0.5) is 0 Å². The Hall–Kier alpha value is -1.55. The van der Waals surface area contributed by atoms with Gasteiger partial charge in [-0.15, -0.1) is 0 Å². The molecule has 4 heteroatoms. The number of aliphatic hydroxyl groups excluding tert-OH is 1. The van der Waals surface area contributed by atoms with E-state index in [0.29, 0.717) is 5.92 Å². The normalized spacial score (nSPS) is 17.4. The van der Waals surface area contributed by atoms with Crippen molar-refractivity contribution in [3.05, 3.63) is 29.8 Å². The van der Waals surface area contributed by atoms with Crippen LogP contribution in [0.2, 0.25) is 0 Å². The Labute approximate surface area is 126 Å². The molecule has 0 aromatic heterocycles. The first-order chi connectivity index (χ1) is 9.94. The fourth-order valence-electron chi connectivity index (χ4n) is 2.55. The molecular formula is C17H25NO3. The zero-order chi connectivity index (χ0) is 15.5. The van der Waals surface area contributed by atoms with Crippen LogP contribution in [0.25, 0.3) is 0 Å². The number of hydrogen-bond acceptors (Lipinski definition) is 3. The van der Waals surface area contributed by atoms with E-state index < -0.39 is 5.54 Å². The monoisotopic (exact) mass is 291 g/mol. The molecule has 1 atom stereocenters. The smallest absolute Gasteiger partial charge is 0.225 e. The van der Waals surface area contributed by atoms with E-state index in [1.807, 2.05) is 45.0 Å². The van der Waals surface area contributed by atoms with Gasteiger partial charge in [0.1, 0.15) is 5.75 Å². The molecule has 0 spiro atoms. The first kappa shape index (κ1) is 15.8. The van der Waals surface area contributed by atoms with Crippen molar-refractivity contribution in [2.75, 3.05) is 6.61 Å². The highest BCUT2D eigenvalue weighted by atomic mass is 16.5. The summed E-state index contributed by atoms with van der Waals surface area (Å²) >= 11 is 0. The van der Waals surface area contributed by atoms with Crippen molar-refractivity contribution in [1.82, 2.24) is 5.32 Å². The number of para-hydroxylation sites is 1. The first-order valence-corrected chi connectivity index (χ1v) is 7.61. The number of carbonyl (C=O) groups excluding carboxylic acids is 1. The third kappa shape index (κ3) is 4.21. The minimum absolute atomic E-state index is 0.0203. The number of amides is 1. The highest BCUT2D eigenvalue weighted by Crippen LogP contribution is 2.39. The molecule has 1 unspecified atom stereocenters. The Kier molecular flexibility index (Phi) is 4.88. The molecular weight excluding hydrogens is 266 g/mol. The number of nitrogens with one attached hydrogen (secondary N) is 1. The van der Waals surface area contributed by atoms with Gasteiger partial charge in [0, 0.05) is 5.56 Å². The zero-order valence-corrected chi connectivity index (χ0v) is 13.1. The second-order valence-corrected chi connectivity index (χ2v) is 6.35. The predicted octanol–water partition coefficient (Wildman–Crippen LogP) is 2.29. The summed E-state index contributed by atoms with van der Waals surface area (Å²) in [6, 6.07) is 7.60. The summed E-state index contributed by atoms with van der Waals surface area (Å²) in [5.74, 6) is 1.08. The average molecular weight is 291 g/mol. The molecule has 1 aliphatic rings. The fraction of sp³-hybridized carbons (Fsp3) is 0.588. The SMILES string of the molecule is CC(C)Oc1ccccc1CC(=O)NC(C)(CO)C1CC1. The Balaban J connectivity index is 2.02. The zero-order valence-electron chi connectivity index (χ0n) is 13.1. The quantitative estimate of drug-likeness (QED) is 0.810. The molecule has 0 aliphatic heterocycles. The summed E-state index contributed by atoms with van der Waals surface area (Å²) in [7, 11) is 0. The molecule has 1 aromatic carbocycles. The van der Waals surface area contributed by atoms with Gasteiger partial charge in [0.05, 0.1) is 24.7 Å². The van der Waals surface area contributed by atoms with E-state index in [9.17, 15) is 9.90 Å². The van der Waals surface area contributed by atoms with Crippen LogP contribution in [0.1, 0.15) is 39.2 Å². The summed E-state index contributed by atoms with van der Waals surface area (Å²) in [5, 5.41) is 12.5. The topological polar surface area (TPSA) is 58.6 Å². The first-order valence-electron chi connectivity index (χ1n) is 7.61. The van der Waals surface area contributed by atoms with Gasteiger partial charge in [-0.05, 0) is 45.6 Å². The van der Waals surface area contributed by atoms with Crippen LogP contribution < -0.4 is 10.1 Å². The molecule has 116 valence electrons. The lowest BCUT2D eigenvalue weighted by Gasteiger charge is -2.29. The van der Waals surface area contributed by atoms with Crippen molar-refractivity contribution in [1.29, 1.82) is 0 Å². The van der Waals surface area contributed by atoms with Crippen molar-refractivity contribution < 1.29 is 14.6 Å². The largest absolute Gasteiger partial charge is 0.491 e. The second-order valence-electron chi connectivity index (χ2n) is 6.35. The molecule has 0 saturated heterocycles. The van der Waals surface area contributed by atoms with Crippen molar-refractivity contribution in [3.63, 3.8) is 0 Å². The molecule has 1 aliphatic carbocycles. The molecule has 4 nitrogen and oxygen atoms in total. The van der Waals surface area contributed by atoms with Crippen LogP contribution in [0.15, 0.2) is 24.3 Å². The van der Waals surface area contributed by atoms with Gasteiger partial charge in [0.2, 0.25) is 5.91 Å². The van der Waals surface area contributed by atoms with E-state index in [2.05, 4.69) is 5.32 Å². The maximum absolute atomic E-state index is 12.3. The van der Waals surface area contributed by atoms with Gasteiger partial charge in [-0.25, -0.2) is 0 Å². The Bertz CT molecular complexity index is 497. The molecule has 2 rings (SSSR count). The van der Waals surface area contributed by atoms with Crippen molar-refractivity contribution in [2.45, 2.75) is 51.7 Å². The van der Waals surface area contributed by atoms with Crippen LogP contribution >= 0.6 is 0 Å². The standard InChI is InChI=1S/C17H25NO3/c1-12(2)21-15-7-5-4-6-13(15)10-16(20)18-17(3,11-19)14-8-9-14/h4-7,12,14,19H,8-11H2,1-3H3,(H,18,20). The van der Waals surface area contributed by atoms with Gasteiger partial charge in [0.15, 0.2) is 0 Å². The highest BCUT2D eigenvalue weighted by molar-refractivity contribution is 5.80. The highest BCUT2D eigenvalue weighted by Gasteiger charge is 2.42. The summed E-state index contributed by atoms with van der Waals surface area (Å²) in [4.78, 5) is 12.3. The summed E-state index contributed by atoms with van der Waals surface area (Å²) in [6.07, 6.45) is 2.49. The van der Waals surface area contributed by atoms with Gasteiger partial charge < -0.3 is 15.2 Å². The summed E-state index contributed by atoms with van der Waals surface area (Å²) in [6.45, 7) is 5.83. The summed E-state index contributed by atoms with van der Waals surface area (Å²) < 4.78 is 5.73. The van der Waals surface area contributed by atoms with Crippen molar-refractivity contribution in [3.8, 4) is 5.75 Å². The number of carbonyl (C=O) groups is 1. The predicted molar refractivity (Wildman–Crippen MR) is 82.3 cm³/mol. The minimum atomic E-state index is -0.495. The van der Waals surface area contributed by atoms with Crippen molar-refractivity contribution in [2.24, 2.45) is 5.92 Å². The van der Waals surface area contributed by atoms with Gasteiger partial charge in [-0.2, -0.15) is 0 Å². The fourth-order valence-corrected chi connectivity index (χ4v) is 2.55. The molecule has 1 amide bonds. The maximum Gasteiger partial charge on any atom is 0.225 e. The van der Waals surface area contributed by atoms with E-state index in [-0.39, 0.29) is 25.0 Å². The Morgan fingerprint density at radius 3 is 2.67 bits per heavy atom. The van der Waals surface area contributed by atoms with Crippen LogP contribution in [-0.4, -0.2) is 29.3 Å². The summed E-state index contributed by atoms with van der Waals surface area (Å²) in [5.41, 5.74) is 0.380. The van der Waals surface area contributed by atoms with E-state index in [4.69, 9.17) is 4.74 Å². The van der Waals surface area contributed by atoms with E-state index >= 15 is 0 Å². The van der Waals surface area contributed by atoms with Crippen LogP contribution in [0.3, 0.4) is 0 Å². The number of aliphatic hydroxyl groups is 1. The average Bonchev–Trinajstić information content (AvgIpc) is 3.25. The molecule has 21 heavy (non-hydrogen) atoms. The minimum Gasteiger partial charge on any atom is -0.491 e. The van der Waals surface area contributed by atoms with E-state index in [0.717, 1.165) is 24.2 Å². The molecule has 2 N–H and O–H groups in total. The lowest BCUT2D eigenvalue weighted by Crippen LogP contribution is -2.51. The lowest BCUT2D eigenvalue weighted by molar-refractivity contribution is -0.123. The van der Waals surface area contributed by atoms with Gasteiger partial charge in [-0.3, -0.25) is 4.79 Å². The maximum atomic E-state index is 12.3. The van der Waals surface area contributed by atoms with Gasteiger partial charge in [0.25, 0.3) is 0 Å². The molecule has 0 heterocycles. The number of rotatable bonds is 7. The van der Waals surface area contributed by atoms with Crippen LogP contribution in [0.5, 0.6) is 5.75 Å². The van der Waals surface area contributed by atoms with E-state index in [1.165, 1.54) is 0 Å². The van der Waals surface area contributed by atoms with Crippen LogP contribution in [-0.2, 0) is 11.2 Å². The second kappa shape index (κ2) is 6.48. The van der Waals surface area contributed by atoms with Gasteiger partial charge >= 0.3 is 0 Å². The molecule has 0 radical (unpaired) electrons. The third-order valence-corrected chi connectivity index (χ3v) is 3.92. The number of ether oxygens (including phenoxy) is 1. The van der Waals surface area contributed by atoms with Gasteiger partial charge in [-0.1, -0.05) is 18.2 Å². The molecule has 0 bridgehead atoms. The molecule has 1 aromatic rings. The lowest BCUT2D eigenvalue weighted by atomic mass is 9.96. The van der Waals surface area contributed by atoms with Crippen LogP contribution in [0, 0.1) is 5.92 Å². The number of hydrogen-bond donors (Lipinski definition) is 2. The molecule has 1 fully saturated rings. The molecule has 1 saturated carbocycles. The van der Waals surface area contributed by atoms with E-state index in [1.54, 1.807) is 0 Å². The third-order valence-electron chi connectivity index (χ3n) is 3.92. The van der Waals surface area contributed by atoms with Crippen molar-refractivity contribution >= 4 is 5.91 Å². The Morgan fingerprint density at radius 1 is 1.43 bits per heavy atom. The number of benzene rings is 1. The Morgan fingerprint density at radius 2 is 2.10 bits per heavy atom.